The molecular formula is C73H124O6. The Morgan fingerprint density at radius 2 is 0.494 bits per heavy atom. The summed E-state index contributed by atoms with van der Waals surface area (Å²) in [5, 5.41) is 0. The van der Waals surface area contributed by atoms with Crippen molar-refractivity contribution < 1.29 is 28.6 Å². The molecule has 0 aromatic rings. The monoisotopic (exact) mass is 1100 g/mol. The van der Waals surface area contributed by atoms with E-state index >= 15 is 0 Å². The molecule has 0 saturated heterocycles. The maximum atomic E-state index is 12.9. The van der Waals surface area contributed by atoms with Crippen LogP contribution in [0.2, 0.25) is 0 Å². The van der Waals surface area contributed by atoms with E-state index in [1.54, 1.807) is 0 Å². The molecule has 0 rings (SSSR count). The topological polar surface area (TPSA) is 78.9 Å². The van der Waals surface area contributed by atoms with Crippen molar-refractivity contribution in [3.05, 3.63) is 109 Å². The van der Waals surface area contributed by atoms with Gasteiger partial charge in [0.25, 0.3) is 0 Å². The average Bonchev–Trinajstić information content (AvgIpc) is 3.45. The fourth-order valence-corrected chi connectivity index (χ4v) is 9.28. The normalized spacial score (nSPS) is 12.8. The minimum absolute atomic E-state index is 0.0954. The summed E-state index contributed by atoms with van der Waals surface area (Å²) in [6.45, 7) is 6.51. The summed E-state index contributed by atoms with van der Waals surface area (Å²) in [5.74, 6) is -0.932. The van der Waals surface area contributed by atoms with Crippen LogP contribution >= 0.6 is 0 Å². The van der Waals surface area contributed by atoms with Crippen molar-refractivity contribution in [3.63, 3.8) is 0 Å². The highest BCUT2D eigenvalue weighted by molar-refractivity contribution is 5.71. The average molecular weight is 1100 g/mol. The zero-order chi connectivity index (χ0) is 57.1. The first kappa shape index (κ1) is 75.1. The highest BCUT2D eigenvalue weighted by Gasteiger charge is 2.19. The van der Waals surface area contributed by atoms with Gasteiger partial charge in [0.15, 0.2) is 6.10 Å². The third-order valence-electron chi connectivity index (χ3n) is 14.3. The van der Waals surface area contributed by atoms with E-state index in [4.69, 9.17) is 14.2 Å². The summed E-state index contributed by atoms with van der Waals surface area (Å²) >= 11 is 0. The van der Waals surface area contributed by atoms with Gasteiger partial charge in [-0.2, -0.15) is 0 Å². The predicted molar refractivity (Wildman–Crippen MR) is 343 cm³/mol. The molecule has 0 saturated carbocycles. The molecule has 0 heterocycles. The standard InChI is InChI=1S/C73H124O6/c1-4-7-10-13-16-19-22-25-28-30-32-34-35-36-37-39-40-42-45-48-51-54-57-60-63-66-72(75)78-69-70(68-77-71(74)65-62-59-56-53-50-47-44-27-24-21-18-15-12-9-6-3)79-73(76)67-64-61-58-55-52-49-46-43-41-38-33-31-29-26-23-20-17-14-11-8-5-2/h8,11,17,20,22,25-26,29-30,32-33,35-36,38,43,46,52,55,70H,4-7,9-10,12-16,18-19,21,23-24,27-28,31,34,37,39-42,44-45,47-51,53-54,56-69H2,1-3H3/b11-8-,20-17-,25-22-,29-26-,32-30-,36-35-,38-33-,46-43-,55-52-. The molecule has 0 aliphatic rings. The molecule has 0 aromatic carbocycles. The molecular weight excluding hydrogens is 973 g/mol. The Hall–Kier alpha value is -3.93. The fourth-order valence-electron chi connectivity index (χ4n) is 9.28. The molecule has 0 fully saturated rings. The van der Waals surface area contributed by atoms with Crippen molar-refractivity contribution in [1.82, 2.24) is 0 Å². The molecule has 0 bridgehead atoms. The van der Waals surface area contributed by atoms with E-state index in [-0.39, 0.29) is 37.5 Å². The molecule has 6 nitrogen and oxygen atoms in total. The third kappa shape index (κ3) is 64.8. The van der Waals surface area contributed by atoms with Gasteiger partial charge in [-0.05, 0) is 109 Å². The molecule has 0 aromatic heterocycles. The smallest absolute Gasteiger partial charge is 0.306 e. The fraction of sp³-hybridized carbons (Fsp3) is 0.712. The van der Waals surface area contributed by atoms with Crippen molar-refractivity contribution in [2.24, 2.45) is 0 Å². The summed E-state index contributed by atoms with van der Waals surface area (Å²) in [6, 6.07) is 0. The van der Waals surface area contributed by atoms with Crippen LogP contribution in [0.4, 0.5) is 0 Å². The second-order valence-corrected chi connectivity index (χ2v) is 22.0. The first-order valence-electron chi connectivity index (χ1n) is 33.4. The lowest BCUT2D eigenvalue weighted by Crippen LogP contribution is -2.30. The van der Waals surface area contributed by atoms with Crippen molar-refractivity contribution in [1.29, 1.82) is 0 Å². The summed E-state index contributed by atoms with van der Waals surface area (Å²) in [5.41, 5.74) is 0. The predicted octanol–water partition coefficient (Wildman–Crippen LogP) is 23.0. The van der Waals surface area contributed by atoms with Crippen LogP contribution in [-0.4, -0.2) is 37.2 Å². The van der Waals surface area contributed by atoms with Gasteiger partial charge in [-0.3, -0.25) is 14.4 Å². The number of carbonyl (C=O) groups excluding carboxylic acids is 3. The molecule has 452 valence electrons. The molecule has 0 amide bonds. The van der Waals surface area contributed by atoms with E-state index in [1.807, 2.05) is 0 Å². The molecule has 0 aliphatic carbocycles. The van der Waals surface area contributed by atoms with Gasteiger partial charge in [-0.1, -0.05) is 297 Å². The van der Waals surface area contributed by atoms with E-state index in [0.29, 0.717) is 19.3 Å². The second-order valence-electron chi connectivity index (χ2n) is 22.0. The summed E-state index contributed by atoms with van der Waals surface area (Å²) < 4.78 is 16.9. The lowest BCUT2D eigenvalue weighted by Gasteiger charge is -2.18. The van der Waals surface area contributed by atoms with Crippen molar-refractivity contribution >= 4 is 17.9 Å². The van der Waals surface area contributed by atoms with Crippen molar-refractivity contribution in [2.45, 2.75) is 322 Å². The van der Waals surface area contributed by atoms with E-state index in [0.717, 1.165) is 103 Å². The lowest BCUT2D eigenvalue weighted by molar-refractivity contribution is -0.167. The number of hydrogen-bond donors (Lipinski definition) is 0. The molecule has 1 unspecified atom stereocenters. The molecule has 0 N–H and O–H groups in total. The van der Waals surface area contributed by atoms with Crippen LogP contribution in [0.15, 0.2) is 109 Å². The zero-order valence-corrected chi connectivity index (χ0v) is 51.9. The van der Waals surface area contributed by atoms with Gasteiger partial charge in [0.2, 0.25) is 0 Å². The zero-order valence-electron chi connectivity index (χ0n) is 51.9. The Bertz CT molecular complexity index is 1590. The third-order valence-corrected chi connectivity index (χ3v) is 14.3. The van der Waals surface area contributed by atoms with E-state index in [1.165, 1.54) is 167 Å². The molecule has 1 atom stereocenters. The van der Waals surface area contributed by atoms with Crippen LogP contribution in [-0.2, 0) is 28.6 Å². The summed E-state index contributed by atoms with van der Waals surface area (Å²) in [4.78, 5) is 38.4. The largest absolute Gasteiger partial charge is 0.462 e. The van der Waals surface area contributed by atoms with Crippen LogP contribution in [0.3, 0.4) is 0 Å². The highest BCUT2D eigenvalue weighted by atomic mass is 16.6. The Labute approximate surface area is 489 Å². The molecule has 6 heteroatoms. The Morgan fingerprint density at radius 1 is 0.266 bits per heavy atom. The van der Waals surface area contributed by atoms with Crippen LogP contribution in [0.25, 0.3) is 0 Å². The quantitative estimate of drug-likeness (QED) is 0.0261. The first-order chi connectivity index (χ1) is 39.0. The summed E-state index contributed by atoms with van der Waals surface area (Å²) in [6.07, 6.45) is 91.0. The van der Waals surface area contributed by atoms with Crippen LogP contribution in [0.1, 0.15) is 316 Å². The Morgan fingerprint density at radius 3 is 0.797 bits per heavy atom. The van der Waals surface area contributed by atoms with Gasteiger partial charge in [0, 0.05) is 19.3 Å². The van der Waals surface area contributed by atoms with Gasteiger partial charge in [0.05, 0.1) is 0 Å². The van der Waals surface area contributed by atoms with Gasteiger partial charge < -0.3 is 14.2 Å². The highest BCUT2D eigenvalue weighted by Crippen LogP contribution is 2.16. The van der Waals surface area contributed by atoms with Gasteiger partial charge in [-0.25, -0.2) is 0 Å². The van der Waals surface area contributed by atoms with E-state index in [2.05, 4.69) is 130 Å². The number of rotatable bonds is 60. The van der Waals surface area contributed by atoms with Crippen molar-refractivity contribution in [3.8, 4) is 0 Å². The maximum Gasteiger partial charge on any atom is 0.306 e. The molecule has 79 heavy (non-hydrogen) atoms. The first-order valence-corrected chi connectivity index (χ1v) is 33.4. The number of esters is 3. The number of hydrogen-bond acceptors (Lipinski definition) is 6. The van der Waals surface area contributed by atoms with Crippen LogP contribution in [0, 0.1) is 0 Å². The summed E-state index contributed by atoms with van der Waals surface area (Å²) in [7, 11) is 0. The molecule has 0 radical (unpaired) electrons. The lowest BCUT2D eigenvalue weighted by atomic mass is 10.0. The molecule has 0 aliphatic heterocycles. The van der Waals surface area contributed by atoms with Gasteiger partial charge in [-0.15, -0.1) is 0 Å². The SMILES string of the molecule is CC/C=C\C/C=C\C/C=C\C/C=C\C/C=C\C/C=C\CCCCC(=O)OC(COC(=O)CCCCCCCCCCCC/C=C\C/C=C\C/C=C\CCCCCCC)COC(=O)CCCCCCCCCCCCCCCCC. The number of ether oxygens (including phenoxy) is 3. The minimum Gasteiger partial charge on any atom is -0.462 e. The Kier molecular flexibility index (Phi) is 63.3. The maximum absolute atomic E-state index is 12.9. The number of carbonyl (C=O) groups is 3. The van der Waals surface area contributed by atoms with Crippen molar-refractivity contribution in [2.75, 3.05) is 13.2 Å². The van der Waals surface area contributed by atoms with Gasteiger partial charge >= 0.3 is 17.9 Å². The number of allylic oxidation sites excluding steroid dienone is 18. The van der Waals surface area contributed by atoms with E-state index < -0.39 is 6.10 Å². The second kappa shape index (κ2) is 66.6. The van der Waals surface area contributed by atoms with Crippen LogP contribution in [0.5, 0.6) is 0 Å². The van der Waals surface area contributed by atoms with E-state index in [9.17, 15) is 14.4 Å². The van der Waals surface area contributed by atoms with Gasteiger partial charge in [0.1, 0.15) is 13.2 Å². The number of unbranched alkanes of at least 4 members (excludes halogenated alkanes) is 31. The molecule has 0 spiro atoms. The minimum atomic E-state index is -0.805. The van der Waals surface area contributed by atoms with Crippen LogP contribution < -0.4 is 0 Å². The Balaban J connectivity index is 4.42.